The third-order valence-electron chi connectivity index (χ3n) is 2.41. The zero-order chi connectivity index (χ0) is 10.9. The van der Waals surface area contributed by atoms with Crippen LogP contribution in [-0.2, 0) is 0 Å². The number of hydrogen-bond acceptors (Lipinski definition) is 4. The van der Waals surface area contributed by atoms with Crippen molar-refractivity contribution in [3.8, 4) is 0 Å². The van der Waals surface area contributed by atoms with Crippen LogP contribution in [0.15, 0.2) is 23.5 Å². The first-order chi connectivity index (χ1) is 7.38. The molecule has 1 rings (SSSR count). The molecule has 0 aliphatic rings. The molecule has 0 radical (unpaired) electrons. The Morgan fingerprint density at radius 3 is 3.00 bits per heavy atom. The summed E-state index contributed by atoms with van der Waals surface area (Å²) in [6.45, 7) is 3.71. The molecule has 1 aromatic heterocycles. The second-order valence-electron chi connectivity index (χ2n) is 3.56. The lowest BCUT2D eigenvalue weighted by molar-refractivity contribution is 0.476. The van der Waals surface area contributed by atoms with E-state index < -0.39 is 0 Å². The zero-order valence-electron chi connectivity index (χ0n) is 8.98. The van der Waals surface area contributed by atoms with Gasteiger partial charge in [0.15, 0.2) is 0 Å². The Balaban J connectivity index is 2.20. The molecule has 0 fully saturated rings. The number of allylic oxidation sites excluding steroid dienone is 1. The van der Waals surface area contributed by atoms with Crippen LogP contribution in [0.3, 0.4) is 0 Å². The summed E-state index contributed by atoms with van der Waals surface area (Å²) in [5, 5.41) is 2.05. The molecule has 3 N–H and O–H groups in total. The first-order valence-corrected chi connectivity index (χ1v) is 6.28. The lowest BCUT2D eigenvalue weighted by atomic mass is 10.1. The minimum absolute atomic E-state index is 0.208. The zero-order valence-corrected chi connectivity index (χ0v) is 9.80. The van der Waals surface area contributed by atoms with Gasteiger partial charge in [0, 0.05) is 5.38 Å². The van der Waals surface area contributed by atoms with Crippen LogP contribution >= 0.6 is 11.3 Å². The summed E-state index contributed by atoms with van der Waals surface area (Å²) in [6.07, 6.45) is 7.76. The monoisotopic (exact) mass is 225 g/mol. The van der Waals surface area contributed by atoms with Crippen LogP contribution in [0.2, 0.25) is 0 Å². The third-order valence-corrected chi connectivity index (χ3v) is 3.02. The second kappa shape index (κ2) is 7.56. The maximum absolute atomic E-state index is 5.50. The van der Waals surface area contributed by atoms with Crippen molar-refractivity contribution in [3.63, 3.8) is 0 Å². The third kappa shape index (κ3) is 4.55. The number of hydrazine groups is 1. The normalized spacial score (nSPS) is 12.6. The number of nitrogens with one attached hydrogen (secondary N) is 1. The predicted molar refractivity (Wildman–Crippen MR) is 65.5 cm³/mol. The predicted octanol–water partition coefficient (Wildman–Crippen LogP) is 2.78. The number of aromatic nitrogens is 1. The van der Waals surface area contributed by atoms with Crippen LogP contribution in [0, 0.1) is 0 Å². The molecule has 84 valence electrons. The van der Waals surface area contributed by atoms with E-state index in [2.05, 4.69) is 17.0 Å². The van der Waals surface area contributed by atoms with E-state index in [1.807, 2.05) is 17.0 Å². The van der Waals surface area contributed by atoms with Crippen LogP contribution < -0.4 is 11.3 Å². The van der Waals surface area contributed by atoms with Gasteiger partial charge in [-0.25, -0.2) is 4.98 Å². The van der Waals surface area contributed by atoms with Crippen molar-refractivity contribution in [2.45, 2.75) is 38.1 Å². The van der Waals surface area contributed by atoms with Crippen LogP contribution in [0.25, 0.3) is 0 Å². The van der Waals surface area contributed by atoms with Gasteiger partial charge in [-0.15, -0.1) is 17.9 Å². The standard InChI is InChI=1S/C11H19N3S/c1-2-3-4-5-6-7-10(14-12)11-8-15-9-13-11/h2,8-10,14H,1,3-7,12H2. The largest absolute Gasteiger partial charge is 0.271 e. The SMILES string of the molecule is C=CCCCCCC(NN)c1cscn1. The molecular formula is C11H19N3S. The molecule has 0 aliphatic heterocycles. The molecule has 0 amide bonds. The number of thiazole rings is 1. The molecule has 1 atom stereocenters. The van der Waals surface area contributed by atoms with Gasteiger partial charge >= 0.3 is 0 Å². The molecule has 0 saturated carbocycles. The molecule has 0 aliphatic carbocycles. The van der Waals surface area contributed by atoms with Gasteiger partial charge < -0.3 is 0 Å². The molecule has 1 heterocycles. The topological polar surface area (TPSA) is 50.9 Å². The summed E-state index contributed by atoms with van der Waals surface area (Å²) in [4.78, 5) is 4.26. The molecule has 3 nitrogen and oxygen atoms in total. The highest BCUT2D eigenvalue weighted by Gasteiger charge is 2.10. The van der Waals surface area contributed by atoms with E-state index in [1.54, 1.807) is 11.3 Å². The van der Waals surface area contributed by atoms with E-state index in [0.29, 0.717) is 0 Å². The van der Waals surface area contributed by atoms with E-state index >= 15 is 0 Å². The van der Waals surface area contributed by atoms with Gasteiger partial charge in [0.1, 0.15) is 0 Å². The Hall–Kier alpha value is -0.710. The summed E-state index contributed by atoms with van der Waals surface area (Å²) in [5.74, 6) is 5.50. The Labute approximate surface area is 95.4 Å². The summed E-state index contributed by atoms with van der Waals surface area (Å²) in [6, 6.07) is 0.208. The van der Waals surface area contributed by atoms with Crippen LogP contribution in [0.4, 0.5) is 0 Å². The van der Waals surface area contributed by atoms with Crippen LogP contribution in [-0.4, -0.2) is 4.98 Å². The molecule has 1 unspecified atom stereocenters. The molecule has 0 saturated heterocycles. The van der Waals surface area contributed by atoms with Crippen molar-refractivity contribution in [2.24, 2.45) is 5.84 Å². The summed E-state index contributed by atoms with van der Waals surface area (Å²) < 4.78 is 0. The van der Waals surface area contributed by atoms with Crippen LogP contribution in [0.1, 0.15) is 43.8 Å². The van der Waals surface area contributed by atoms with Gasteiger partial charge in [-0.1, -0.05) is 18.9 Å². The molecule has 0 aromatic carbocycles. The van der Waals surface area contributed by atoms with Gasteiger partial charge in [-0.2, -0.15) is 0 Å². The molecule has 0 bridgehead atoms. The summed E-state index contributed by atoms with van der Waals surface area (Å²) >= 11 is 1.61. The first kappa shape index (κ1) is 12.4. The van der Waals surface area contributed by atoms with Gasteiger partial charge in [0.25, 0.3) is 0 Å². The fourth-order valence-corrected chi connectivity index (χ4v) is 2.13. The summed E-state index contributed by atoms with van der Waals surface area (Å²) in [5.41, 5.74) is 5.73. The fourth-order valence-electron chi connectivity index (χ4n) is 1.52. The molecule has 15 heavy (non-hydrogen) atoms. The van der Waals surface area contributed by atoms with E-state index in [1.165, 1.54) is 19.3 Å². The number of nitrogens with zero attached hydrogens (tertiary/aromatic N) is 1. The molecule has 0 spiro atoms. The van der Waals surface area contributed by atoms with Gasteiger partial charge in [-0.3, -0.25) is 11.3 Å². The lowest BCUT2D eigenvalue weighted by Crippen LogP contribution is -2.28. The highest BCUT2D eigenvalue weighted by Crippen LogP contribution is 2.19. The maximum atomic E-state index is 5.50. The lowest BCUT2D eigenvalue weighted by Gasteiger charge is -2.12. The fraction of sp³-hybridized carbons (Fsp3) is 0.545. The maximum Gasteiger partial charge on any atom is 0.0795 e. The van der Waals surface area contributed by atoms with Crippen molar-refractivity contribution in [1.29, 1.82) is 0 Å². The van der Waals surface area contributed by atoms with Gasteiger partial charge in [-0.05, 0) is 19.3 Å². The van der Waals surface area contributed by atoms with Crippen LogP contribution in [0.5, 0.6) is 0 Å². The van der Waals surface area contributed by atoms with Crippen molar-refractivity contribution >= 4 is 11.3 Å². The Kier molecular flexibility index (Phi) is 6.23. The molecule has 4 heteroatoms. The first-order valence-electron chi connectivity index (χ1n) is 5.33. The Morgan fingerprint density at radius 1 is 1.53 bits per heavy atom. The summed E-state index contributed by atoms with van der Waals surface area (Å²) in [7, 11) is 0. The van der Waals surface area contributed by atoms with E-state index in [4.69, 9.17) is 5.84 Å². The minimum atomic E-state index is 0.208. The smallest absolute Gasteiger partial charge is 0.0795 e. The average Bonchev–Trinajstić information content (AvgIpc) is 2.77. The molecule has 1 aromatic rings. The van der Waals surface area contributed by atoms with Crippen molar-refractivity contribution in [3.05, 3.63) is 29.2 Å². The second-order valence-corrected chi connectivity index (χ2v) is 4.28. The van der Waals surface area contributed by atoms with E-state index in [0.717, 1.165) is 18.5 Å². The number of hydrogen-bond donors (Lipinski definition) is 2. The Morgan fingerprint density at radius 2 is 2.40 bits per heavy atom. The van der Waals surface area contributed by atoms with Crippen molar-refractivity contribution in [1.82, 2.24) is 10.4 Å². The van der Waals surface area contributed by atoms with Gasteiger partial charge in [0.05, 0.1) is 17.2 Å². The Bertz CT molecular complexity index is 259. The van der Waals surface area contributed by atoms with Gasteiger partial charge in [0.2, 0.25) is 0 Å². The average molecular weight is 225 g/mol. The van der Waals surface area contributed by atoms with Crippen molar-refractivity contribution < 1.29 is 0 Å². The number of unbranched alkanes of at least 4 members (excludes halogenated alkanes) is 3. The number of nitrogens with two attached hydrogens (primary N) is 1. The quantitative estimate of drug-likeness (QED) is 0.309. The van der Waals surface area contributed by atoms with E-state index in [9.17, 15) is 0 Å². The molecular weight excluding hydrogens is 206 g/mol. The number of rotatable bonds is 8. The highest BCUT2D eigenvalue weighted by atomic mass is 32.1. The van der Waals surface area contributed by atoms with Crippen molar-refractivity contribution in [2.75, 3.05) is 0 Å². The minimum Gasteiger partial charge on any atom is -0.271 e. The van der Waals surface area contributed by atoms with E-state index in [-0.39, 0.29) is 6.04 Å². The highest BCUT2D eigenvalue weighted by molar-refractivity contribution is 7.07.